The molecular weight excluding hydrogens is 280 g/mol. The molecule has 1 rings (SSSR count). The molecule has 7 heteroatoms. The first-order valence-electron chi connectivity index (χ1n) is 6.62. The van der Waals surface area contributed by atoms with Crippen LogP contribution in [0.5, 0.6) is 0 Å². The van der Waals surface area contributed by atoms with E-state index in [9.17, 15) is 18.4 Å². The number of halogens is 2. The molecule has 0 radical (unpaired) electrons. The molecule has 0 saturated heterocycles. The average molecular weight is 299 g/mol. The van der Waals surface area contributed by atoms with Crippen molar-refractivity contribution in [1.82, 2.24) is 10.6 Å². The largest absolute Gasteiger partial charge is 0.352 e. The topological polar surface area (TPSA) is 84.2 Å². The number of hydrogen-bond acceptors (Lipinski definition) is 3. The van der Waals surface area contributed by atoms with Gasteiger partial charge in [-0.1, -0.05) is 18.2 Å². The van der Waals surface area contributed by atoms with Gasteiger partial charge < -0.3 is 16.4 Å². The lowest BCUT2D eigenvalue weighted by Gasteiger charge is -2.14. The van der Waals surface area contributed by atoms with Crippen LogP contribution in [0, 0.1) is 0 Å². The second kappa shape index (κ2) is 8.31. The minimum Gasteiger partial charge on any atom is -0.352 e. The highest BCUT2D eigenvalue weighted by molar-refractivity contribution is 5.94. The standard InChI is InChI=1S/C14H19F2N3O2/c15-14(16,9-17)10-19-12(20)7-4-8-18-13(21)11-5-2-1-3-6-11/h1-3,5-6H,4,7-10,17H2,(H,18,21)(H,19,20). The van der Waals surface area contributed by atoms with E-state index < -0.39 is 24.9 Å². The molecule has 0 aliphatic heterocycles. The zero-order chi connectivity index (χ0) is 15.7. The Morgan fingerprint density at radius 3 is 2.43 bits per heavy atom. The van der Waals surface area contributed by atoms with E-state index in [0.717, 1.165) is 0 Å². The summed E-state index contributed by atoms with van der Waals surface area (Å²) in [5, 5.41) is 4.76. The van der Waals surface area contributed by atoms with Gasteiger partial charge in [0.05, 0.1) is 13.1 Å². The molecule has 0 saturated carbocycles. The van der Waals surface area contributed by atoms with E-state index in [2.05, 4.69) is 10.6 Å². The van der Waals surface area contributed by atoms with E-state index in [4.69, 9.17) is 5.73 Å². The molecule has 0 aliphatic carbocycles. The molecule has 0 heterocycles. The van der Waals surface area contributed by atoms with Crippen LogP contribution in [-0.4, -0.2) is 37.4 Å². The number of benzene rings is 1. The van der Waals surface area contributed by atoms with Gasteiger partial charge in [-0.3, -0.25) is 9.59 Å². The van der Waals surface area contributed by atoms with Gasteiger partial charge in [0.15, 0.2) is 0 Å². The van der Waals surface area contributed by atoms with Crippen molar-refractivity contribution in [3.63, 3.8) is 0 Å². The van der Waals surface area contributed by atoms with Gasteiger partial charge in [-0.05, 0) is 18.6 Å². The van der Waals surface area contributed by atoms with Crippen molar-refractivity contribution in [3.05, 3.63) is 35.9 Å². The van der Waals surface area contributed by atoms with Crippen LogP contribution < -0.4 is 16.4 Å². The van der Waals surface area contributed by atoms with Crippen LogP contribution in [0.4, 0.5) is 8.78 Å². The molecule has 1 aromatic carbocycles. The summed E-state index contributed by atoms with van der Waals surface area (Å²) < 4.78 is 25.6. The molecule has 0 aromatic heterocycles. The summed E-state index contributed by atoms with van der Waals surface area (Å²) in [6.45, 7) is -1.27. The fourth-order valence-electron chi connectivity index (χ4n) is 1.53. The first-order chi connectivity index (χ1) is 9.94. The zero-order valence-electron chi connectivity index (χ0n) is 11.6. The van der Waals surface area contributed by atoms with Gasteiger partial charge in [0, 0.05) is 18.5 Å². The van der Waals surface area contributed by atoms with Gasteiger partial charge in [-0.25, -0.2) is 8.78 Å². The quantitative estimate of drug-likeness (QED) is 0.624. The lowest BCUT2D eigenvalue weighted by atomic mass is 10.2. The smallest absolute Gasteiger partial charge is 0.277 e. The molecular formula is C14H19F2N3O2. The van der Waals surface area contributed by atoms with Gasteiger partial charge >= 0.3 is 0 Å². The lowest BCUT2D eigenvalue weighted by Crippen LogP contribution is -2.41. The van der Waals surface area contributed by atoms with Crippen LogP contribution in [0.1, 0.15) is 23.2 Å². The minimum atomic E-state index is -3.09. The fourth-order valence-corrected chi connectivity index (χ4v) is 1.53. The Labute approximate surface area is 121 Å². The predicted octanol–water partition coefficient (Wildman–Crippen LogP) is 0.907. The highest BCUT2D eigenvalue weighted by Crippen LogP contribution is 2.08. The van der Waals surface area contributed by atoms with Gasteiger partial charge in [-0.15, -0.1) is 0 Å². The predicted molar refractivity (Wildman–Crippen MR) is 75.0 cm³/mol. The highest BCUT2D eigenvalue weighted by Gasteiger charge is 2.26. The van der Waals surface area contributed by atoms with Gasteiger partial charge in [-0.2, -0.15) is 0 Å². The third kappa shape index (κ3) is 6.80. The van der Waals surface area contributed by atoms with Crippen molar-refractivity contribution in [3.8, 4) is 0 Å². The molecule has 0 spiro atoms. The number of amides is 2. The van der Waals surface area contributed by atoms with Crippen LogP contribution >= 0.6 is 0 Å². The first-order valence-corrected chi connectivity index (χ1v) is 6.62. The molecule has 116 valence electrons. The Balaban J connectivity index is 2.17. The summed E-state index contributed by atoms with van der Waals surface area (Å²) in [5.74, 6) is -3.81. The fraction of sp³-hybridized carbons (Fsp3) is 0.429. The molecule has 0 bridgehead atoms. The maximum absolute atomic E-state index is 12.8. The summed E-state index contributed by atoms with van der Waals surface area (Å²) in [6, 6.07) is 8.66. The zero-order valence-corrected chi connectivity index (χ0v) is 11.6. The van der Waals surface area contributed by atoms with Crippen molar-refractivity contribution in [2.75, 3.05) is 19.6 Å². The maximum atomic E-state index is 12.8. The summed E-state index contributed by atoms with van der Waals surface area (Å²) in [5.41, 5.74) is 5.39. The Kier molecular flexibility index (Phi) is 6.74. The van der Waals surface area contributed by atoms with Crippen molar-refractivity contribution in [2.24, 2.45) is 5.73 Å². The number of carbonyl (C=O) groups is 2. The molecule has 0 unspecified atom stereocenters. The second-order valence-corrected chi connectivity index (χ2v) is 4.56. The Morgan fingerprint density at radius 1 is 1.14 bits per heavy atom. The molecule has 5 nitrogen and oxygen atoms in total. The number of hydrogen-bond donors (Lipinski definition) is 3. The molecule has 0 aliphatic rings. The van der Waals surface area contributed by atoms with E-state index in [1.54, 1.807) is 30.3 Å². The van der Waals surface area contributed by atoms with Gasteiger partial charge in [0.25, 0.3) is 11.8 Å². The molecule has 21 heavy (non-hydrogen) atoms. The summed E-state index contributed by atoms with van der Waals surface area (Å²) in [6.07, 6.45) is 0.439. The van der Waals surface area contributed by atoms with Crippen molar-refractivity contribution < 1.29 is 18.4 Å². The van der Waals surface area contributed by atoms with E-state index >= 15 is 0 Å². The summed E-state index contributed by atoms with van der Waals surface area (Å²) in [7, 11) is 0. The number of nitrogens with one attached hydrogen (secondary N) is 2. The number of nitrogens with two attached hydrogens (primary N) is 1. The monoisotopic (exact) mass is 299 g/mol. The summed E-state index contributed by atoms with van der Waals surface area (Å²) in [4.78, 5) is 23.0. The molecule has 4 N–H and O–H groups in total. The second-order valence-electron chi connectivity index (χ2n) is 4.56. The number of rotatable bonds is 8. The van der Waals surface area contributed by atoms with E-state index in [0.29, 0.717) is 18.5 Å². The van der Waals surface area contributed by atoms with E-state index in [1.807, 2.05) is 0 Å². The van der Waals surface area contributed by atoms with Gasteiger partial charge in [0.1, 0.15) is 0 Å². The van der Waals surface area contributed by atoms with Crippen LogP contribution in [0.15, 0.2) is 30.3 Å². The van der Waals surface area contributed by atoms with Crippen LogP contribution in [0.25, 0.3) is 0 Å². The van der Waals surface area contributed by atoms with Crippen LogP contribution in [0.2, 0.25) is 0 Å². The Bertz CT molecular complexity index is 467. The maximum Gasteiger partial charge on any atom is 0.277 e. The van der Waals surface area contributed by atoms with Crippen molar-refractivity contribution >= 4 is 11.8 Å². The molecule has 2 amide bonds. The normalized spacial score (nSPS) is 11.0. The summed E-state index contributed by atoms with van der Waals surface area (Å²) >= 11 is 0. The highest BCUT2D eigenvalue weighted by atomic mass is 19.3. The van der Waals surface area contributed by atoms with Gasteiger partial charge in [0.2, 0.25) is 5.91 Å². The number of carbonyl (C=O) groups excluding carboxylic acids is 2. The number of alkyl halides is 2. The van der Waals surface area contributed by atoms with E-state index in [1.165, 1.54) is 0 Å². The average Bonchev–Trinajstić information content (AvgIpc) is 2.50. The Hall–Kier alpha value is -2.02. The molecule has 0 atom stereocenters. The van der Waals surface area contributed by atoms with Crippen LogP contribution in [0.3, 0.4) is 0 Å². The third-order valence-electron chi connectivity index (χ3n) is 2.74. The lowest BCUT2D eigenvalue weighted by molar-refractivity contribution is -0.122. The molecule has 1 aromatic rings. The van der Waals surface area contributed by atoms with Crippen molar-refractivity contribution in [2.45, 2.75) is 18.8 Å². The minimum absolute atomic E-state index is 0.0652. The first kappa shape index (κ1) is 17.0. The molecule has 0 fully saturated rings. The third-order valence-corrected chi connectivity index (χ3v) is 2.74. The van der Waals surface area contributed by atoms with Crippen LogP contribution in [-0.2, 0) is 4.79 Å². The van der Waals surface area contributed by atoms with Crippen molar-refractivity contribution in [1.29, 1.82) is 0 Å². The van der Waals surface area contributed by atoms with E-state index in [-0.39, 0.29) is 12.3 Å². The SMILES string of the molecule is NCC(F)(F)CNC(=O)CCCNC(=O)c1ccccc1. The Morgan fingerprint density at radius 2 is 1.81 bits per heavy atom.